The number of aromatic carboxylic acids is 1. The van der Waals surface area contributed by atoms with Gasteiger partial charge < -0.3 is 9.84 Å². The topological polar surface area (TPSA) is 63.6 Å². The zero-order chi connectivity index (χ0) is 21.2. The molecular weight excluding hydrogens is 364 g/mol. The van der Waals surface area contributed by atoms with Gasteiger partial charge in [-0.1, -0.05) is 82.6 Å². The quantitative estimate of drug-likeness (QED) is 0.128. The summed E-state index contributed by atoms with van der Waals surface area (Å²) >= 11 is 0. The summed E-state index contributed by atoms with van der Waals surface area (Å²) < 4.78 is 5.20. The van der Waals surface area contributed by atoms with Crippen molar-refractivity contribution < 1.29 is 19.4 Å². The van der Waals surface area contributed by atoms with Gasteiger partial charge in [-0.05, 0) is 44.2 Å². The second-order valence-electron chi connectivity index (χ2n) is 7.61. The van der Waals surface area contributed by atoms with Crippen molar-refractivity contribution in [3.63, 3.8) is 0 Å². The maximum atomic E-state index is 11.9. The first-order valence-corrected chi connectivity index (χ1v) is 11.3. The number of hydrogen-bond acceptors (Lipinski definition) is 3. The molecule has 0 amide bonds. The summed E-state index contributed by atoms with van der Waals surface area (Å²) in [5, 5.41) is 9.10. The number of ether oxygens (including phenoxy) is 1. The molecule has 4 nitrogen and oxygen atoms in total. The summed E-state index contributed by atoms with van der Waals surface area (Å²) in [7, 11) is 0. The maximum Gasteiger partial charge on any atom is 0.339 e. The molecule has 0 aliphatic heterocycles. The molecule has 0 aliphatic rings. The fourth-order valence-electron chi connectivity index (χ4n) is 3.25. The fraction of sp³-hybridized carbons (Fsp3) is 0.600. The molecule has 1 aromatic carbocycles. The summed E-state index contributed by atoms with van der Waals surface area (Å²) in [6.07, 6.45) is 20.7. The van der Waals surface area contributed by atoms with E-state index in [0.717, 1.165) is 25.7 Å². The average molecular weight is 403 g/mol. The van der Waals surface area contributed by atoms with Crippen molar-refractivity contribution in [3.8, 4) is 5.75 Å². The maximum absolute atomic E-state index is 11.9. The molecule has 4 heteroatoms. The Balaban J connectivity index is 1.97. The van der Waals surface area contributed by atoms with Gasteiger partial charge in [0, 0.05) is 6.42 Å². The van der Waals surface area contributed by atoms with Gasteiger partial charge in [0.2, 0.25) is 0 Å². The van der Waals surface area contributed by atoms with Crippen LogP contribution >= 0.6 is 0 Å². The Morgan fingerprint density at radius 1 is 0.828 bits per heavy atom. The first kappa shape index (κ1) is 24.9. The van der Waals surface area contributed by atoms with Crippen LogP contribution in [0.4, 0.5) is 0 Å². The summed E-state index contributed by atoms with van der Waals surface area (Å²) in [6, 6.07) is 6.23. The third kappa shape index (κ3) is 12.9. The van der Waals surface area contributed by atoms with Gasteiger partial charge in [-0.25, -0.2) is 4.79 Å². The van der Waals surface area contributed by atoms with E-state index in [-0.39, 0.29) is 17.3 Å². The van der Waals surface area contributed by atoms with Crippen molar-refractivity contribution in [1.82, 2.24) is 0 Å². The Hall–Kier alpha value is -2.10. The third-order valence-corrected chi connectivity index (χ3v) is 4.98. The third-order valence-electron chi connectivity index (χ3n) is 4.98. The van der Waals surface area contributed by atoms with E-state index >= 15 is 0 Å². The van der Waals surface area contributed by atoms with E-state index in [4.69, 9.17) is 9.84 Å². The van der Waals surface area contributed by atoms with Crippen molar-refractivity contribution in [2.24, 2.45) is 0 Å². The molecule has 0 heterocycles. The number of carboxylic acids is 1. The van der Waals surface area contributed by atoms with Crippen LogP contribution in [0, 0.1) is 0 Å². The van der Waals surface area contributed by atoms with Crippen LogP contribution in [0.15, 0.2) is 36.4 Å². The second kappa shape index (κ2) is 16.8. The molecule has 0 unspecified atom stereocenters. The lowest BCUT2D eigenvalue weighted by Crippen LogP contribution is -2.10. The zero-order valence-corrected chi connectivity index (χ0v) is 18.0. The first-order chi connectivity index (χ1) is 14.1. The van der Waals surface area contributed by atoms with Gasteiger partial charge in [0.25, 0.3) is 0 Å². The minimum Gasteiger partial charge on any atom is -0.478 e. The number of esters is 1. The summed E-state index contributed by atoms with van der Waals surface area (Å²) in [5.41, 5.74) is 0.0189. The van der Waals surface area contributed by atoms with Gasteiger partial charge in [0.05, 0.1) is 0 Å². The minimum atomic E-state index is -1.09. The molecule has 0 radical (unpaired) electrons. The van der Waals surface area contributed by atoms with E-state index in [1.165, 1.54) is 69.9 Å². The van der Waals surface area contributed by atoms with E-state index in [2.05, 4.69) is 19.1 Å². The van der Waals surface area contributed by atoms with Crippen LogP contribution in [0.3, 0.4) is 0 Å². The van der Waals surface area contributed by atoms with Crippen LogP contribution in [-0.4, -0.2) is 17.0 Å². The molecule has 1 aromatic rings. The number of unbranched alkanes of at least 4 members (excludes halogenated alkanes) is 11. The van der Waals surface area contributed by atoms with E-state index in [1.807, 2.05) is 0 Å². The van der Waals surface area contributed by atoms with Crippen molar-refractivity contribution in [1.29, 1.82) is 0 Å². The van der Waals surface area contributed by atoms with Crippen LogP contribution in [0.1, 0.15) is 107 Å². The Morgan fingerprint density at radius 2 is 1.38 bits per heavy atom. The van der Waals surface area contributed by atoms with Crippen molar-refractivity contribution in [2.45, 2.75) is 96.8 Å². The molecule has 0 saturated heterocycles. The second-order valence-corrected chi connectivity index (χ2v) is 7.61. The highest BCUT2D eigenvalue weighted by atomic mass is 16.5. The molecule has 0 aromatic heterocycles. The number of hydrogen-bond donors (Lipinski definition) is 1. The molecule has 0 fully saturated rings. The number of carboxylic acid groups (broad SMARTS) is 1. The Labute approximate surface area is 176 Å². The van der Waals surface area contributed by atoms with Crippen LogP contribution in [0.25, 0.3) is 0 Å². The summed E-state index contributed by atoms with van der Waals surface area (Å²) in [6.45, 7) is 2.25. The summed E-state index contributed by atoms with van der Waals surface area (Å²) in [4.78, 5) is 23.0. The lowest BCUT2D eigenvalue weighted by Gasteiger charge is -2.07. The van der Waals surface area contributed by atoms with Gasteiger partial charge in [-0.2, -0.15) is 0 Å². The Kier molecular flexibility index (Phi) is 14.5. The Bertz CT molecular complexity index is 607. The highest BCUT2D eigenvalue weighted by Gasteiger charge is 2.13. The molecule has 29 heavy (non-hydrogen) atoms. The standard InChI is InChI=1S/C25H38O4/c1-2-3-4-5-6-7-8-9-10-11-12-13-14-15-16-21-24(26)29-23-20-18-17-19-22(23)25(27)28/h9-10,17-20H,2-8,11-16,21H2,1H3,(H,27,28)/b10-9+. The van der Waals surface area contributed by atoms with Crippen molar-refractivity contribution in [3.05, 3.63) is 42.0 Å². The van der Waals surface area contributed by atoms with Crippen LogP contribution in [0.5, 0.6) is 5.75 Å². The molecule has 0 saturated carbocycles. The molecule has 1 N–H and O–H groups in total. The molecule has 1 rings (SSSR count). The number of para-hydroxylation sites is 1. The zero-order valence-electron chi connectivity index (χ0n) is 18.0. The van der Waals surface area contributed by atoms with E-state index in [9.17, 15) is 9.59 Å². The van der Waals surface area contributed by atoms with Crippen LogP contribution in [-0.2, 0) is 4.79 Å². The Morgan fingerprint density at radius 3 is 2.00 bits per heavy atom. The molecular formula is C25H38O4. The molecule has 162 valence electrons. The molecule has 0 spiro atoms. The normalized spacial score (nSPS) is 11.1. The van der Waals surface area contributed by atoms with Gasteiger partial charge in [0.1, 0.15) is 11.3 Å². The van der Waals surface area contributed by atoms with E-state index in [1.54, 1.807) is 12.1 Å². The number of benzene rings is 1. The SMILES string of the molecule is CCCCCCCC/C=C/CCCCCCCC(=O)Oc1ccccc1C(=O)O. The molecule has 0 atom stereocenters. The lowest BCUT2D eigenvalue weighted by atomic mass is 10.1. The monoisotopic (exact) mass is 402 g/mol. The number of carbonyl (C=O) groups excluding carboxylic acids is 1. The van der Waals surface area contributed by atoms with Gasteiger partial charge in [-0.3, -0.25) is 4.79 Å². The highest BCUT2D eigenvalue weighted by Crippen LogP contribution is 2.19. The number of allylic oxidation sites excluding steroid dienone is 2. The lowest BCUT2D eigenvalue weighted by molar-refractivity contribution is -0.134. The minimum absolute atomic E-state index is 0.0189. The predicted molar refractivity (Wildman–Crippen MR) is 118 cm³/mol. The van der Waals surface area contributed by atoms with Crippen molar-refractivity contribution >= 4 is 11.9 Å². The number of rotatable bonds is 17. The van der Waals surface area contributed by atoms with Crippen molar-refractivity contribution in [2.75, 3.05) is 0 Å². The van der Waals surface area contributed by atoms with E-state index in [0.29, 0.717) is 6.42 Å². The van der Waals surface area contributed by atoms with Crippen LogP contribution in [0.2, 0.25) is 0 Å². The van der Waals surface area contributed by atoms with E-state index < -0.39 is 5.97 Å². The molecule has 0 bridgehead atoms. The summed E-state index contributed by atoms with van der Waals surface area (Å²) in [5.74, 6) is -1.33. The van der Waals surface area contributed by atoms with Gasteiger partial charge in [-0.15, -0.1) is 0 Å². The smallest absolute Gasteiger partial charge is 0.339 e. The highest BCUT2D eigenvalue weighted by molar-refractivity contribution is 5.91. The van der Waals surface area contributed by atoms with Gasteiger partial charge >= 0.3 is 11.9 Å². The first-order valence-electron chi connectivity index (χ1n) is 11.3. The number of carbonyl (C=O) groups is 2. The molecule has 0 aliphatic carbocycles. The largest absolute Gasteiger partial charge is 0.478 e. The van der Waals surface area contributed by atoms with Gasteiger partial charge in [0.15, 0.2) is 0 Å². The predicted octanol–water partition coefficient (Wildman–Crippen LogP) is 7.33. The average Bonchev–Trinajstić information content (AvgIpc) is 2.71. The van der Waals surface area contributed by atoms with Crippen LogP contribution < -0.4 is 4.74 Å². The fourth-order valence-corrected chi connectivity index (χ4v) is 3.25.